The molecule has 0 saturated heterocycles. The lowest BCUT2D eigenvalue weighted by atomic mass is 9.70. The first-order chi connectivity index (χ1) is 7.75. The van der Waals surface area contributed by atoms with E-state index >= 15 is 0 Å². The fraction of sp³-hybridized carbons (Fsp3) is 0.929. The van der Waals surface area contributed by atoms with Gasteiger partial charge in [-0.25, -0.2) is 0 Å². The van der Waals surface area contributed by atoms with Crippen LogP contribution < -0.4 is 0 Å². The first-order valence-corrected chi connectivity index (χ1v) is 6.65. The SMILES string of the molecule is CC1(C)[C@@H]2CC[C@]1(C)[C@@H](O)C2.CCCC(=O)O. The predicted octanol–water partition coefficient (Wildman–Crippen LogP) is 3.06. The molecular weight excluding hydrogens is 216 g/mol. The molecule has 0 unspecified atom stereocenters. The van der Waals surface area contributed by atoms with Crippen LogP contribution in [0.1, 0.15) is 59.8 Å². The molecule has 2 fully saturated rings. The molecule has 0 spiro atoms. The summed E-state index contributed by atoms with van der Waals surface area (Å²) in [6, 6.07) is 0. The van der Waals surface area contributed by atoms with Crippen molar-refractivity contribution in [3.05, 3.63) is 0 Å². The number of rotatable bonds is 2. The Morgan fingerprint density at radius 3 is 2.06 bits per heavy atom. The number of hydrogen-bond acceptors (Lipinski definition) is 2. The van der Waals surface area contributed by atoms with Gasteiger partial charge in [-0.05, 0) is 42.4 Å². The number of aliphatic hydroxyl groups excluding tert-OH is 1. The van der Waals surface area contributed by atoms with E-state index in [1.165, 1.54) is 12.8 Å². The number of aliphatic carboxylic acids is 1. The standard InChI is InChI=1S/C10H18O.C4H8O2/c1-9(2)7-4-5-10(9,3)8(11)6-7;1-2-3-4(5)6/h7-8,11H,4-6H2,1-3H3;2-3H2,1H3,(H,5,6)/t7-,8+,10-;/m1./s1. The molecule has 2 rings (SSSR count). The third-order valence-electron chi connectivity index (χ3n) is 5.21. The minimum atomic E-state index is -0.711. The second-order valence-electron chi connectivity index (χ2n) is 6.27. The molecule has 2 aliphatic carbocycles. The van der Waals surface area contributed by atoms with Crippen molar-refractivity contribution in [2.45, 2.75) is 65.9 Å². The van der Waals surface area contributed by atoms with Crippen LogP contribution in [0.5, 0.6) is 0 Å². The molecule has 0 aromatic heterocycles. The van der Waals surface area contributed by atoms with Crippen molar-refractivity contribution < 1.29 is 15.0 Å². The second-order valence-corrected chi connectivity index (χ2v) is 6.27. The van der Waals surface area contributed by atoms with Crippen molar-refractivity contribution in [2.75, 3.05) is 0 Å². The number of aliphatic hydroxyl groups is 1. The van der Waals surface area contributed by atoms with Crippen molar-refractivity contribution >= 4 is 5.97 Å². The van der Waals surface area contributed by atoms with Gasteiger partial charge in [0.2, 0.25) is 0 Å². The van der Waals surface area contributed by atoms with E-state index in [0.717, 1.165) is 18.8 Å². The van der Waals surface area contributed by atoms with Crippen LogP contribution in [-0.4, -0.2) is 22.3 Å². The van der Waals surface area contributed by atoms with Crippen LogP contribution >= 0.6 is 0 Å². The fourth-order valence-electron chi connectivity index (χ4n) is 3.38. The zero-order valence-electron chi connectivity index (χ0n) is 11.5. The Labute approximate surface area is 104 Å². The third kappa shape index (κ3) is 2.49. The molecule has 0 aliphatic heterocycles. The monoisotopic (exact) mass is 242 g/mol. The Kier molecular flexibility index (Phi) is 4.23. The molecular formula is C14H26O3. The number of fused-ring (bicyclic) bond motifs is 2. The van der Waals surface area contributed by atoms with Gasteiger partial charge in [0, 0.05) is 6.42 Å². The van der Waals surface area contributed by atoms with E-state index in [1.54, 1.807) is 0 Å². The largest absolute Gasteiger partial charge is 0.481 e. The molecule has 0 amide bonds. The summed E-state index contributed by atoms with van der Waals surface area (Å²) in [5, 5.41) is 17.7. The number of carbonyl (C=O) groups is 1. The fourth-order valence-corrected chi connectivity index (χ4v) is 3.38. The molecule has 2 N–H and O–H groups in total. The molecule has 100 valence electrons. The van der Waals surface area contributed by atoms with Gasteiger partial charge in [0.05, 0.1) is 6.10 Å². The summed E-state index contributed by atoms with van der Waals surface area (Å²) in [6.07, 6.45) is 4.60. The van der Waals surface area contributed by atoms with E-state index in [1.807, 2.05) is 6.92 Å². The van der Waals surface area contributed by atoms with E-state index in [4.69, 9.17) is 5.11 Å². The Morgan fingerprint density at radius 2 is 1.94 bits per heavy atom. The summed E-state index contributed by atoms with van der Waals surface area (Å²) in [4.78, 5) is 9.60. The lowest BCUT2D eigenvalue weighted by molar-refractivity contribution is -0.137. The average molecular weight is 242 g/mol. The third-order valence-corrected chi connectivity index (χ3v) is 5.21. The summed E-state index contributed by atoms with van der Waals surface area (Å²) in [6.45, 7) is 8.74. The molecule has 0 aromatic carbocycles. The van der Waals surface area contributed by atoms with Gasteiger partial charge in [-0.3, -0.25) is 4.79 Å². The normalized spacial score (nSPS) is 37.5. The van der Waals surface area contributed by atoms with Gasteiger partial charge < -0.3 is 10.2 Å². The summed E-state index contributed by atoms with van der Waals surface area (Å²) in [5.41, 5.74) is 0.601. The minimum absolute atomic E-state index is 0.0313. The van der Waals surface area contributed by atoms with E-state index in [0.29, 0.717) is 11.8 Å². The molecule has 0 radical (unpaired) electrons. The zero-order chi connectivity index (χ0) is 13.3. The van der Waals surface area contributed by atoms with E-state index in [-0.39, 0.29) is 11.5 Å². The maximum atomic E-state index is 9.81. The summed E-state index contributed by atoms with van der Waals surface area (Å²) < 4.78 is 0. The van der Waals surface area contributed by atoms with Crippen molar-refractivity contribution in [3.63, 3.8) is 0 Å². The highest BCUT2D eigenvalue weighted by Gasteiger charge is 2.60. The van der Waals surface area contributed by atoms with Crippen molar-refractivity contribution in [2.24, 2.45) is 16.7 Å². The van der Waals surface area contributed by atoms with Gasteiger partial charge in [0.15, 0.2) is 0 Å². The lowest BCUT2D eigenvalue weighted by Crippen LogP contribution is -2.35. The van der Waals surface area contributed by atoms with Gasteiger partial charge in [-0.15, -0.1) is 0 Å². The summed E-state index contributed by atoms with van der Waals surface area (Å²) in [5.74, 6) is 0.0694. The molecule has 2 saturated carbocycles. The topological polar surface area (TPSA) is 57.5 Å². The van der Waals surface area contributed by atoms with Crippen LogP contribution in [0, 0.1) is 16.7 Å². The molecule has 0 heterocycles. The smallest absolute Gasteiger partial charge is 0.303 e. The second kappa shape index (κ2) is 4.97. The van der Waals surface area contributed by atoms with E-state index in [9.17, 15) is 9.90 Å². The highest BCUT2D eigenvalue weighted by Crippen LogP contribution is 2.65. The Balaban J connectivity index is 0.000000209. The Hall–Kier alpha value is -0.570. The van der Waals surface area contributed by atoms with E-state index < -0.39 is 5.97 Å². The number of hydrogen-bond donors (Lipinski definition) is 2. The van der Waals surface area contributed by atoms with Crippen LogP contribution in [0.4, 0.5) is 0 Å². The number of carboxylic acid groups (broad SMARTS) is 1. The van der Waals surface area contributed by atoms with Crippen LogP contribution in [0.3, 0.4) is 0 Å². The quantitative estimate of drug-likeness (QED) is 0.782. The highest BCUT2D eigenvalue weighted by atomic mass is 16.4. The molecule has 0 aromatic rings. The predicted molar refractivity (Wildman–Crippen MR) is 67.8 cm³/mol. The zero-order valence-corrected chi connectivity index (χ0v) is 11.5. The molecule has 2 aliphatic rings. The highest BCUT2D eigenvalue weighted by molar-refractivity contribution is 5.66. The first-order valence-electron chi connectivity index (χ1n) is 6.65. The minimum Gasteiger partial charge on any atom is -0.481 e. The van der Waals surface area contributed by atoms with Crippen molar-refractivity contribution in [1.29, 1.82) is 0 Å². The van der Waals surface area contributed by atoms with Gasteiger partial charge in [-0.2, -0.15) is 0 Å². The van der Waals surface area contributed by atoms with Gasteiger partial charge in [0.25, 0.3) is 0 Å². The lowest BCUT2D eigenvalue weighted by Gasteiger charge is -2.36. The molecule has 2 bridgehead atoms. The van der Waals surface area contributed by atoms with Gasteiger partial charge in [0.1, 0.15) is 0 Å². The van der Waals surface area contributed by atoms with Gasteiger partial charge >= 0.3 is 5.97 Å². The first kappa shape index (κ1) is 14.5. The Bertz CT molecular complexity index is 285. The van der Waals surface area contributed by atoms with Crippen LogP contribution in [0.25, 0.3) is 0 Å². The van der Waals surface area contributed by atoms with Crippen LogP contribution in [0.2, 0.25) is 0 Å². The summed E-state index contributed by atoms with van der Waals surface area (Å²) >= 11 is 0. The number of carboxylic acids is 1. The van der Waals surface area contributed by atoms with Gasteiger partial charge in [-0.1, -0.05) is 27.7 Å². The Morgan fingerprint density at radius 1 is 1.35 bits per heavy atom. The molecule has 3 nitrogen and oxygen atoms in total. The molecule has 3 atom stereocenters. The maximum absolute atomic E-state index is 9.81. The summed E-state index contributed by atoms with van der Waals surface area (Å²) in [7, 11) is 0. The van der Waals surface area contributed by atoms with Crippen molar-refractivity contribution in [1.82, 2.24) is 0 Å². The maximum Gasteiger partial charge on any atom is 0.303 e. The van der Waals surface area contributed by atoms with Crippen molar-refractivity contribution in [3.8, 4) is 0 Å². The van der Waals surface area contributed by atoms with E-state index in [2.05, 4.69) is 20.8 Å². The molecule has 17 heavy (non-hydrogen) atoms. The molecule has 3 heteroatoms. The van der Waals surface area contributed by atoms with Crippen LogP contribution in [-0.2, 0) is 4.79 Å². The average Bonchev–Trinajstić information content (AvgIpc) is 2.51. The van der Waals surface area contributed by atoms with Crippen LogP contribution in [0.15, 0.2) is 0 Å².